The van der Waals surface area contributed by atoms with Crippen molar-refractivity contribution in [2.75, 3.05) is 19.0 Å². The standard InChI is InChI=1S/C20H19FN4O3S/c1-28-16-4-2-3-14(12-16)19(27)22-10-9-18-24-25-20(29-18)23-17(26)11-13-5-7-15(21)8-6-13/h2-8,12H,9-11H2,1H3,(H,22,27)(H,23,25,26). The Labute approximate surface area is 170 Å². The Hall–Kier alpha value is -3.33. The maximum Gasteiger partial charge on any atom is 0.251 e. The zero-order chi connectivity index (χ0) is 20.6. The molecule has 0 saturated carbocycles. The number of benzene rings is 2. The Bertz CT molecular complexity index is 991. The van der Waals surface area contributed by atoms with E-state index in [-0.39, 0.29) is 24.1 Å². The van der Waals surface area contributed by atoms with Crippen LogP contribution in [0.5, 0.6) is 5.75 Å². The molecule has 1 aromatic heterocycles. The van der Waals surface area contributed by atoms with Crippen molar-refractivity contribution in [1.82, 2.24) is 15.5 Å². The topological polar surface area (TPSA) is 93.2 Å². The zero-order valence-electron chi connectivity index (χ0n) is 15.6. The van der Waals surface area contributed by atoms with Gasteiger partial charge < -0.3 is 15.4 Å². The summed E-state index contributed by atoms with van der Waals surface area (Å²) in [6.07, 6.45) is 0.604. The van der Waals surface area contributed by atoms with E-state index in [1.807, 2.05) is 0 Å². The summed E-state index contributed by atoms with van der Waals surface area (Å²) in [5.74, 6) is -0.198. The van der Waals surface area contributed by atoms with Crippen molar-refractivity contribution in [3.63, 3.8) is 0 Å². The van der Waals surface area contributed by atoms with Crippen LogP contribution in [0, 0.1) is 5.82 Å². The number of nitrogens with zero attached hydrogens (tertiary/aromatic N) is 2. The van der Waals surface area contributed by atoms with Gasteiger partial charge in [-0.3, -0.25) is 9.59 Å². The maximum atomic E-state index is 12.9. The van der Waals surface area contributed by atoms with Crippen LogP contribution in [0.4, 0.5) is 9.52 Å². The number of methoxy groups -OCH3 is 1. The van der Waals surface area contributed by atoms with Gasteiger partial charge in [0, 0.05) is 18.5 Å². The number of nitrogens with one attached hydrogen (secondary N) is 2. The molecule has 0 aliphatic carbocycles. The molecular weight excluding hydrogens is 395 g/mol. The summed E-state index contributed by atoms with van der Waals surface area (Å²) < 4.78 is 18.0. The van der Waals surface area contributed by atoms with Crippen molar-refractivity contribution in [3.05, 3.63) is 70.5 Å². The average Bonchev–Trinajstić information content (AvgIpc) is 3.16. The molecule has 0 bridgehead atoms. The van der Waals surface area contributed by atoms with Gasteiger partial charge in [-0.2, -0.15) is 0 Å². The molecule has 0 unspecified atom stereocenters. The Kier molecular flexibility index (Phi) is 6.85. The molecule has 7 nitrogen and oxygen atoms in total. The smallest absolute Gasteiger partial charge is 0.251 e. The number of halogens is 1. The molecule has 2 aromatic carbocycles. The number of hydrogen-bond acceptors (Lipinski definition) is 6. The molecule has 0 atom stereocenters. The maximum absolute atomic E-state index is 12.9. The van der Waals surface area contributed by atoms with E-state index in [9.17, 15) is 14.0 Å². The fourth-order valence-corrected chi connectivity index (χ4v) is 3.26. The molecule has 29 heavy (non-hydrogen) atoms. The molecule has 3 aromatic rings. The molecule has 0 fully saturated rings. The lowest BCUT2D eigenvalue weighted by molar-refractivity contribution is -0.115. The monoisotopic (exact) mass is 414 g/mol. The average molecular weight is 414 g/mol. The number of carbonyl (C=O) groups excluding carboxylic acids is 2. The normalized spacial score (nSPS) is 10.4. The minimum absolute atomic E-state index is 0.117. The van der Waals surface area contributed by atoms with E-state index in [1.165, 1.54) is 23.5 Å². The molecule has 0 radical (unpaired) electrons. The molecule has 2 amide bonds. The highest BCUT2D eigenvalue weighted by Gasteiger charge is 2.10. The summed E-state index contributed by atoms with van der Waals surface area (Å²) in [5.41, 5.74) is 1.21. The van der Waals surface area contributed by atoms with Crippen LogP contribution in [0.25, 0.3) is 0 Å². The van der Waals surface area contributed by atoms with Crippen molar-refractivity contribution < 1.29 is 18.7 Å². The molecule has 0 aliphatic heterocycles. The first-order valence-corrected chi connectivity index (χ1v) is 9.64. The summed E-state index contributed by atoms with van der Waals surface area (Å²) in [6.45, 7) is 0.383. The van der Waals surface area contributed by atoms with Crippen LogP contribution >= 0.6 is 11.3 Å². The first-order valence-electron chi connectivity index (χ1n) is 8.82. The lowest BCUT2D eigenvalue weighted by Crippen LogP contribution is -2.25. The second-order valence-corrected chi connectivity index (χ2v) is 7.15. The summed E-state index contributed by atoms with van der Waals surface area (Å²) >= 11 is 1.24. The predicted octanol–water partition coefficient (Wildman–Crippen LogP) is 2.84. The van der Waals surface area contributed by atoms with Gasteiger partial charge in [-0.05, 0) is 35.9 Å². The minimum Gasteiger partial charge on any atom is -0.497 e. The first-order chi connectivity index (χ1) is 14.0. The van der Waals surface area contributed by atoms with Gasteiger partial charge in [0.1, 0.15) is 16.6 Å². The molecule has 1 heterocycles. The molecule has 0 saturated heterocycles. The van der Waals surface area contributed by atoms with E-state index in [0.29, 0.717) is 40.0 Å². The Morgan fingerprint density at radius 2 is 1.93 bits per heavy atom. The third-order valence-electron chi connectivity index (χ3n) is 3.95. The van der Waals surface area contributed by atoms with E-state index in [1.54, 1.807) is 43.5 Å². The van der Waals surface area contributed by atoms with Crippen LogP contribution in [0.1, 0.15) is 20.9 Å². The Morgan fingerprint density at radius 3 is 2.69 bits per heavy atom. The highest BCUT2D eigenvalue weighted by Crippen LogP contribution is 2.16. The lowest BCUT2D eigenvalue weighted by atomic mass is 10.1. The molecule has 2 N–H and O–H groups in total. The number of rotatable bonds is 8. The summed E-state index contributed by atoms with van der Waals surface area (Å²) in [7, 11) is 1.54. The summed E-state index contributed by atoms with van der Waals surface area (Å²) in [6, 6.07) is 12.6. The molecule has 0 spiro atoms. The highest BCUT2D eigenvalue weighted by atomic mass is 32.1. The zero-order valence-corrected chi connectivity index (χ0v) is 16.5. The van der Waals surface area contributed by atoms with E-state index >= 15 is 0 Å². The summed E-state index contributed by atoms with van der Waals surface area (Å²) in [4.78, 5) is 24.2. The molecule has 150 valence electrons. The number of aromatic nitrogens is 2. The van der Waals surface area contributed by atoms with Crippen molar-refractivity contribution in [2.45, 2.75) is 12.8 Å². The second-order valence-electron chi connectivity index (χ2n) is 6.09. The van der Waals surface area contributed by atoms with Gasteiger partial charge in [-0.15, -0.1) is 10.2 Å². The molecular formula is C20H19FN4O3S. The van der Waals surface area contributed by atoms with Crippen molar-refractivity contribution in [2.24, 2.45) is 0 Å². The Balaban J connectivity index is 1.45. The fraction of sp³-hybridized carbons (Fsp3) is 0.200. The fourth-order valence-electron chi connectivity index (χ4n) is 2.51. The van der Waals surface area contributed by atoms with Crippen molar-refractivity contribution >= 4 is 28.3 Å². The lowest BCUT2D eigenvalue weighted by Gasteiger charge is -2.05. The number of hydrogen-bond donors (Lipinski definition) is 2. The first kappa shape index (κ1) is 20.4. The Morgan fingerprint density at radius 1 is 1.14 bits per heavy atom. The van der Waals surface area contributed by atoms with Gasteiger partial charge in [-0.1, -0.05) is 29.5 Å². The predicted molar refractivity (Wildman–Crippen MR) is 108 cm³/mol. The van der Waals surface area contributed by atoms with Crippen LogP contribution in [0.3, 0.4) is 0 Å². The largest absolute Gasteiger partial charge is 0.497 e. The number of ether oxygens (including phenoxy) is 1. The van der Waals surface area contributed by atoms with Gasteiger partial charge in [0.2, 0.25) is 11.0 Å². The van der Waals surface area contributed by atoms with Gasteiger partial charge >= 0.3 is 0 Å². The van der Waals surface area contributed by atoms with Gasteiger partial charge in [-0.25, -0.2) is 4.39 Å². The summed E-state index contributed by atoms with van der Waals surface area (Å²) in [5, 5.41) is 14.5. The van der Waals surface area contributed by atoms with E-state index in [4.69, 9.17) is 4.74 Å². The number of carbonyl (C=O) groups is 2. The van der Waals surface area contributed by atoms with Crippen LogP contribution in [0.2, 0.25) is 0 Å². The van der Waals surface area contributed by atoms with E-state index in [0.717, 1.165) is 0 Å². The SMILES string of the molecule is COc1cccc(C(=O)NCCc2nnc(NC(=O)Cc3ccc(F)cc3)s2)c1. The van der Waals surface area contributed by atoms with Crippen molar-refractivity contribution in [3.8, 4) is 5.75 Å². The second kappa shape index (κ2) is 9.74. The minimum atomic E-state index is -0.346. The van der Waals surface area contributed by atoms with Crippen molar-refractivity contribution in [1.29, 1.82) is 0 Å². The van der Waals surface area contributed by atoms with E-state index < -0.39 is 0 Å². The van der Waals surface area contributed by atoms with Crippen LogP contribution in [0.15, 0.2) is 48.5 Å². The van der Waals surface area contributed by atoms with Gasteiger partial charge in [0.05, 0.1) is 13.5 Å². The third kappa shape index (κ3) is 6.08. The van der Waals surface area contributed by atoms with E-state index in [2.05, 4.69) is 20.8 Å². The van der Waals surface area contributed by atoms with Crippen LogP contribution in [-0.4, -0.2) is 35.7 Å². The van der Waals surface area contributed by atoms with Gasteiger partial charge in [0.15, 0.2) is 0 Å². The quantitative estimate of drug-likeness (QED) is 0.591. The molecule has 9 heteroatoms. The third-order valence-corrected chi connectivity index (χ3v) is 4.85. The number of amides is 2. The highest BCUT2D eigenvalue weighted by molar-refractivity contribution is 7.15. The molecule has 3 rings (SSSR count). The number of anilines is 1. The van der Waals surface area contributed by atoms with Crippen LogP contribution < -0.4 is 15.4 Å². The van der Waals surface area contributed by atoms with Gasteiger partial charge in [0.25, 0.3) is 5.91 Å². The molecule has 0 aliphatic rings. The van der Waals surface area contributed by atoms with Crippen LogP contribution in [-0.2, 0) is 17.6 Å².